The Labute approximate surface area is 126 Å². The molecule has 0 aromatic heterocycles. The van der Waals surface area contributed by atoms with E-state index >= 15 is 0 Å². The number of nitrogens with zero attached hydrogens (tertiary/aromatic N) is 2. The van der Waals surface area contributed by atoms with Crippen molar-refractivity contribution in [3.05, 3.63) is 0 Å². The molecule has 6 heteroatoms. The molecule has 2 fully saturated rings. The van der Waals surface area contributed by atoms with Crippen molar-refractivity contribution in [3.8, 4) is 0 Å². The minimum absolute atomic E-state index is 0.0156. The van der Waals surface area contributed by atoms with E-state index in [1.165, 1.54) is 6.42 Å². The summed E-state index contributed by atoms with van der Waals surface area (Å²) >= 11 is 0. The highest BCUT2D eigenvalue weighted by Crippen LogP contribution is 2.17. The highest BCUT2D eigenvalue weighted by Gasteiger charge is 2.29. The third kappa shape index (κ3) is 4.33. The molecular weight excluding hydrogens is 270 g/mol. The predicted molar refractivity (Wildman–Crippen MR) is 80.0 cm³/mol. The number of amides is 2. The molecule has 2 aliphatic heterocycles. The molecule has 0 radical (unpaired) electrons. The van der Waals surface area contributed by atoms with Gasteiger partial charge < -0.3 is 15.0 Å². The van der Waals surface area contributed by atoms with Crippen molar-refractivity contribution in [1.29, 1.82) is 0 Å². The first-order valence-electron chi connectivity index (χ1n) is 8.04. The van der Waals surface area contributed by atoms with E-state index in [1.807, 2.05) is 14.0 Å². The molecule has 1 atom stereocenters. The van der Waals surface area contributed by atoms with E-state index in [-0.39, 0.29) is 24.1 Å². The van der Waals surface area contributed by atoms with Crippen molar-refractivity contribution >= 4 is 12.0 Å². The molecule has 1 N–H and O–H groups in total. The third-order valence-electron chi connectivity index (χ3n) is 4.44. The van der Waals surface area contributed by atoms with E-state index in [9.17, 15) is 9.59 Å². The molecule has 2 heterocycles. The number of hydrogen-bond acceptors (Lipinski definition) is 4. The summed E-state index contributed by atoms with van der Waals surface area (Å²) in [4.78, 5) is 27.8. The quantitative estimate of drug-likeness (QED) is 0.850. The summed E-state index contributed by atoms with van der Waals surface area (Å²) in [5.74, 6) is 0.145. The van der Waals surface area contributed by atoms with Gasteiger partial charge in [0.2, 0.25) is 5.91 Å². The van der Waals surface area contributed by atoms with Gasteiger partial charge in [-0.1, -0.05) is 6.42 Å². The van der Waals surface area contributed by atoms with Crippen molar-refractivity contribution in [2.45, 2.75) is 51.1 Å². The Balaban J connectivity index is 1.75. The minimum atomic E-state index is -0.241. The Hall–Kier alpha value is -1.30. The second-order valence-corrected chi connectivity index (χ2v) is 5.96. The Bertz CT molecular complexity index is 367. The van der Waals surface area contributed by atoms with Crippen molar-refractivity contribution in [2.24, 2.45) is 0 Å². The Morgan fingerprint density at radius 3 is 2.48 bits per heavy atom. The largest absolute Gasteiger partial charge is 0.450 e. The van der Waals surface area contributed by atoms with Crippen molar-refractivity contribution < 1.29 is 14.3 Å². The smallest absolute Gasteiger partial charge is 0.409 e. The van der Waals surface area contributed by atoms with Crippen molar-refractivity contribution in [3.63, 3.8) is 0 Å². The normalized spacial score (nSPS) is 24.7. The maximum absolute atomic E-state index is 12.3. The van der Waals surface area contributed by atoms with Gasteiger partial charge in [-0.15, -0.1) is 0 Å². The first kappa shape index (κ1) is 16.1. The summed E-state index contributed by atoms with van der Waals surface area (Å²) in [5, 5.41) is 3.15. The number of likely N-dealkylation sites (tertiary alicyclic amines) is 2. The fourth-order valence-corrected chi connectivity index (χ4v) is 3.12. The molecule has 2 rings (SSSR count). The number of piperidine rings is 2. The second kappa shape index (κ2) is 7.64. The van der Waals surface area contributed by atoms with Crippen LogP contribution < -0.4 is 5.32 Å². The summed E-state index contributed by atoms with van der Waals surface area (Å²) in [6.07, 6.45) is 4.63. The number of carbonyl (C=O) groups is 2. The van der Waals surface area contributed by atoms with Gasteiger partial charge in [0.25, 0.3) is 0 Å². The van der Waals surface area contributed by atoms with Gasteiger partial charge in [-0.2, -0.15) is 0 Å². The van der Waals surface area contributed by atoms with Crippen LogP contribution in [0.4, 0.5) is 4.79 Å². The van der Waals surface area contributed by atoms with E-state index in [4.69, 9.17) is 4.74 Å². The number of nitrogens with one attached hydrogen (secondary N) is 1. The maximum Gasteiger partial charge on any atom is 0.409 e. The van der Waals surface area contributed by atoms with Crippen LogP contribution in [0.2, 0.25) is 0 Å². The zero-order chi connectivity index (χ0) is 15.2. The molecule has 6 nitrogen and oxygen atoms in total. The second-order valence-electron chi connectivity index (χ2n) is 5.96. The predicted octanol–water partition coefficient (Wildman–Crippen LogP) is 1.21. The number of hydrogen-bond donors (Lipinski definition) is 1. The molecule has 120 valence electrons. The molecule has 0 bridgehead atoms. The third-order valence-corrected chi connectivity index (χ3v) is 4.44. The van der Waals surface area contributed by atoms with E-state index in [1.54, 1.807) is 4.90 Å². The van der Waals surface area contributed by atoms with Crippen LogP contribution in [0.5, 0.6) is 0 Å². The average Bonchev–Trinajstić information content (AvgIpc) is 2.48. The van der Waals surface area contributed by atoms with E-state index in [0.29, 0.717) is 19.7 Å². The molecule has 21 heavy (non-hydrogen) atoms. The molecule has 0 saturated carbocycles. The van der Waals surface area contributed by atoms with Gasteiger partial charge >= 0.3 is 6.09 Å². The lowest BCUT2D eigenvalue weighted by atomic mass is 10.0. The highest BCUT2D eigenvalue weighted by atomic mass is 16.6. The molecule has 0 aromatic rings. The van der Waals surface area contributed by atoms with E-state index in [2.05, 4.69) is 10.2 Å². The molecular formula is C15H27N3O3. The Morgan fingerprint density at radius 1 is 1.14 bits per heavy atom. The summed E-state index contributed by atoms with van der Waals surface area (Å²) in [6, 6.07) is 0.195. The van der Waals surface area contributed by atoms with Crippen LogP contribution in [0.3, 0.4) is 0 Å². The van der Waals surface area contributed by atoms with Crippen LogP contribution in [-0.2, 0) is 9.53 Å². The molecule has 2 amide bonds. The first-order chi connectivity index (χ1) is 10.1. The first-order valence-corrected chi connectivity index (χ1v) is 8.04. The number of carbonyl (C=O) groups excluding carboxylic acids is 2. The Morgan fingerprint density at radius 2 is 1.86 bits per heavy atom. The lowest BCUT2D eigenvalue weighted by Gasteiger charge is -2.35. The van der Waals surface area contributed by atoms with Gasteiger partial charge in [-0.25, -0.2) is 4.79 Å². The van der Waals surface area contributed by atoms with Crippen LogP contribution in [0.15, 0.2) is 0 Å². The lowest BCUT2D eigenvalue weighted by molar-refractivity contribution is -0.128. The fraction of sp³-hybridized carbons (Fsp3) is 0.867. The molecule has 0 spiro atoms. The summed E-state index contributed by atoms with van der Waals surface area (Å²) in [7, 11) is 2.02. The van der Waals surface area contributed by atoms with Crippen LogP contribution in [-0.4, -0.2) is 67.2 Å². The molecule has 2 aliphatic rings. The van der Waals surface area contributed by atoms with Gasteiger partial charge in [0.1, 0.15) is 0 Å². The Kier molecular flexibility index (Phi) is 5.85. The van der Waals surface area contributed by atoms with Crippen LogP contribution in [0, 0.1) is 0 Å². The standard InChI is InChI=1S/C15H27N3O3/c1-3-21-15(20)18-10-7-12(8-11-18)16-14(19)13-6-4-5-9-17(13)2/h12-13H,3-11H2,1-2H3,(H,16,19). The van der Waals surface area contributed by atoms with Gasteiger partial charge in [0.15, 0.2) is 0 Å². The maximum atomic E-state index is 12.3. The summed E-state index contributed by atoms with van der Waals surface area (Å²) < 4.78 is 5.00. The lowest BCUT2D eigenvalue weighted by Crippen LogP contribution is -2.53. The zero-order valence-electron chi connectivity index (χ0n) is 13.1. The molecule has 1 unspecified atom stereocenters. The number of likely N-dealkylation sites (N-methyl/N-ethyl adjacent to an activating group) is 1. The topological polar surface area (TPSA) is 61.9 Å². The van der Waals surface area contributed by atoms with Crippen LogP contribution in [0.25, 0.3) is 0 Å². The van der Waals surface area contributed by atoms with Crippen molar-refractivity contribution in [1.82, 2.24) is 15.1 Å². The van der Waals surface area contributed by atoms with Gasteiger partial charge in [0, 0.05) is 19.1 Å². The van der Waals surface area contributed by atoms with Crippen LogP contribution in [0.1, 0.15) is 39.0 Å². The summed E-state index contributed by atoms with van der Waals surface area (Å²) in [6.45, 7) is 4.53. The highest BCUT2D eigenvalue weighted by molar-refractivity contribution is 5.82. The van der Waals surface area contributed by atoms with Gasteiger partial charge in [-0.3, -0.25) is 9.69 Å². The molecule has 0 aliphatic carbocycles. The molecule has 0 aromatic carbocycles. The van der Waals surface area contributed by atoms with E-state index < -0.39 is 0 Å². The van der Waals surface area contributed by atoms with E-state index in [0.717, 1.165) is 32.2 Å². The SMILES string of the molecule is CCOC(=O)N1CCC(NC(=O)C2CCCCN2C)CC1. The monoisotopic (exact) mass is 297 g/mol. The number of rotatable bonds is 3. The number of ether oxygens (including phenoxy) is 1. The minimum Gasteiger partial charge on any atom is -0.450 e. The van der Waals surface area contributed by atoms with Crippen molar-refractivity contribution in [2.75, 3.05) is 33.3 Å². The molecule has 2 saturated heterocycles. The average molecular weight is 297 g/mol. The van der Waals surface area contributed by atoms with Crippen LogP contribution >= 0.6 is 0 Å². The zero-order valence-corrected chi connectivity index (χ0v) is 13.1. The van der Waals surface area contributed by atoms with Gasteiger partial charge in [0.05, 0.1) is 12.6 Å². The van der Waals surface area contributed by atoms with Gasteiger partial charge in [-0.05, 0) is 46.2 Å². The fourth-order valence-electron chi connectivity index (χ4n) is 3.12. The summed E-state index contributed by atoms with van der Waals surface area (Å²) in [5.41, 5.74) is 0.